The molecule has 1 saturated carbocycles. The number of pyridine rings is 1. The second kappa shape index (κ2) is 9.33. The predicted octanol–water partition coefficient (Wildman–Crippen LogP) is 3.22. The van der Waals surface area contributed by atoms with E-state index in [9.17, 15) is 14.4 Å². The van der Waals surface area contributed by atoms with Gasteiger partial charge < -0.3 is 24.8 Å². The normalized spacial score (nSPS) is 26.3. The average molecular weight is 509 g/mol. The highest BCUT2D eigenvalue weighted by atomic mass is 16.6. The highest BCUT2D eigenvalue weighted by Gasteiger charge is 2.70. The van der Waals surface area contributed by atoms with Gasteiger partial charge in [0.2, 0.25) is 5.91 Å². The van der Waals surface area contributed by atoms with E-state index >= 15 is 0 Å². The average Bonchev–Trinajstić information content (AvgIpc) is 3.08. The smallest absolute Gasteiger partial charge is 0.414 e. The van der Waals surface area contributed by atoms with E-state index in [1.807, 2.05) is 63.4 Å². The van der Waals surface area contributed by atoms with Gasteiger partial charge >= 0.3 is 12.2 Å². The molecule has 196 valence electrons. The van der Waals surface area contributed by atoms with Gasteiger partial charge in [-0.2, -0.15) is 0 Å². The van der Waals surface area contributed by atoms with Gasteiger partial charge in [0.15, 0.2) is 0 Å². The fraction of sp³-hybridized carbons (Fsp3) is 0.481. The number of carbonyl (C=O) groups is 3. The van der Waals surface area contributed by atoms with Gasteiger partial charge in [-0.25, -0.2) is 9.59 Å². The van der Waals surface area contributed by atoms with Gasteiger partial charge in [-0.05, 0) is 44.5 Å². The molecule has 2 saturated heterocycles. The molecule has 0 radical (unpaired) electrons. The van der Waals surface area contributed by atoms with Crippen LogP contribution in [0.2, 0.25) is 0 Å². The van der Waals surface area contributed by atoms with Crippen LogP contribution in [0.5, 0.6) is 0 Å². The zero-order valence-corrected chi connectivity index (χ0v) is 21.4. The molecule has 2 N–H and O–H groups in total. The monoisotopic (exact) mass is 508 g/mol. The quantitative estimate of drug-likeness (QED) is 0.615. The molecule has 37 heavy (non-hydrogen) atoms. The van der Waals surface area contributed by atoms with Crippen molar-refractivity contribution in [2.24, 2.45) is 5.92 Å². The number of carbonyl (C=O) groups excluding carboxylic acids is 3. The summed E-state index contributed by atoms with van der Waals surface area (Å²) in [5.41, 5.74) is 2.50. The minimum Gasteiger partial charge on any atom is -0.444 e. The van der Waals surface area contributed by atoms with Crippen molar-refractivity contribution in [1.29, 1.82) is 0 Å². The van der Waals surface area contributed by atoms with Gasteiger partial charge in [-0.3, -0.25) is 14.7 Å². The Kier molecular flexibility index (Phi) is 6.31. The summed E-state index contributed by atoms with van der Waals surface area (Å²) in [6.45, 7) is 8.63. The van der Waals surface area contributed by atoms with Gasteiger partial charge in [0.05, 0.1) is 31.8 Å². The number of nitrogens with one attached hydrogen (secondary N) is 2. The Hall–Kier alpha value is -3.66. The van der Waals surface area contributed by atoms with Crippen LogP contribution in [0.4, 0.5) is 15.3 Å². The van der Waals surface area contributed by atoms with E-state index in [1.54, 1.807) is 4.90 Å². The van der Waals surface area contributed by atoms with Crippen molar-refractivity contribution >= 4 is 23.8 Å². The van der Waals surface area contributed by atoms with Crippen molar-refractivity contribution in [1.82, 2.24) is 15.6 Å². The van der Waals surface area contributed by atoms with Crippen molar-refractivity contribution in [3.63, 3.8) is 0 Å². The van der Waals surface area contributed by atoms with Crippen LogP contribution >= 0.6 is 0 Å². The molecule has 1 aromatic heterocycles. The van der Waals surface area contributed by atoms with Crippen LogP contribution in [0.3, 0.4) is 0 Å². The SMILES string of the molecule is CC(=O)NC[C@H]1CN(c2ccc(-c3ccc([C@H]4[C@H]5COC[C@]54NC(=O)OC(C)(C)C)nc3)cc2)C(=O)O1. The van der Waals surface area contributed by atoms with Gasteiger partial charge in [-0.15, -0.1) is 0 Å². The molecule has 10 heteroatoms. The molecule has 10 nitrogen and oxygen atoms in total. The molecule has 2 aromatic rings. The number of nitrogens with zero attached hydrogens (tertiary/aromatic N) is 2. The number of hydrogen-bond donors (Lipinski definition) is 2. The van der Waals surface area contributed by atoms with E-state index in [0.29, 0.717) is 19.8 Å². The molecular weight excluding hydrogens is 476 g/mol. The van der Waals surface area contributed by atoms with E-state index in [-0.39, 0.29) is 30.4 Å². The second-order valence-corrected chi connectivity index (χ2v) is 10.8. The predicted molar refractivity (Wildman–Crippen MR) is 135 cm³/mol. The first-order valence-corrected chi connectivity index (χ1v) is 12.4. The number of rotatable bonds is 6. The van der Waals surface area contributed by atoms with E-state index in [0.717, 1.165) is 22.5 Å². The van der Waals surface area contributed by atoms with Crippen LogP contribution < -0.4 is 15.5 Å². The molecular formula is C27H32N4O6. The number of aromatic nitrogens is 1. The lowest BCUT2D eigenvalue weighted by atomic mass is 10.1. The van der Waals surface area contributed by atoms with E-state index in [4.69, 9.17) is 19.2 Å². The summed E-state index contributed by atoms with van der Waals surface area (Å²) >= 11 is 0. The number of alkyl carbamates (subject to hydrolysis) is 1. The molecule has 3 heterocycles. The highest BCUT2D eigenvalue weighted by molar-refractivity contribution is 5.90. The zero-order valence-electron chi connectivity index (χ0n) is 21.4. The molecule has 0 bridgehead atoms. The van der Waals surface area contributed by atoms with E-state index < -0.39 is 23.3 Å². The Morgan fingerprint density at radius 3 is 2.54 bits per heavy atom. The maximum absolute atomic E-state index is 12.4. The number of ether oxygens (including phenoxy) is 3. The Labute approximate surface area is 215 Å². The third kappa shape index (κ3) is 5.11. The first kappa shape index (κ1) is 25.0. The van der Waals surface area contributed by atoms with Crippen molar-refractivity contribution in [3.05, 3.63) is 48.3 Å². The zero-order chi connectivity index (χ0) is 26.4. The molecule has 4 atom stereocenters. The largest absolute Gasteiger partial charge is 0.444 e. The molecule has 2 aliphatic heterocycles. The minimum atomic E-state index is -0.570. The lowest BCUT2D eigenvalue weighted by molar-refractivity contribution is -0.119. The summed E-state index contributed by atoms with van der Waals surface area (Å²) in [5.74, 6) is 0.0929. The number of benzene rings is 1. The Balaban J connectivity index is 1.23. The maximum Gasteiger partial charge on any atom is 0.414 e. The Morgan fingerprint density at radius 1 is 1.16 bits per heavy atom. The standard InChI is InChI=1S/C27H32N4O6/c1-16(32)28-12-20-13-31(25(34)36-20)19-8-5-17(6-9-19)18-7-10-22(29-11-18)23-21-14-35-15-27(21,23)30-24(33)37-26(2,3)4/h5-11,20-21,23H,12-15H2,1-4H3,(H,28,32)(H,30,33)/t20-,21+,23+,27-/m0/s1. The molecule has 0 unspecified atom stereocenters. The maximum atomic E-state index is 12.4. The van der Waals surface area contributed by atoms with Crippen molar-refractivity contribution in [2.75, 3.05) is 31.2 Å². The topological polar surface area (TPSA) is 119 Å². The fourth-order valence-corrected chi connectivity index (χ4v) is 5.18. The third-order valence-corrected chi connectivity index (χ3v) is 6.95. The Bertz CT molecular complexity index is 1190. The van der Waals surface area contributed by atoms with Gasteiger partial charge in [0, 0.05) is 41.9 Å². The third-order valence-electron chi connectivity index (χ3n) is 6.95. The molecule has 0 spiro atoms. The second-order valence-electron chi connectivity index (χ2n) is 10.8. The summed E-state index contributed by atoms with van der Waals surface area (Å²) in [4.78, 5) is 42.1. The summed E-state index contributed by atoms with van der Waals surface area (Å²) < 4.78 is 16.4. The highest BCUT2D eigenvalue weighted by Crippen LogP contribution is 2.60. The summed E-state index contributed by atoms with van der Waals surface area (Å²) in [5, 5.41) is 5.72. The molecule has 3 aliphatic rings. The van der Waals surface area contributed by atoms with E-state index in [2.05, 4.69) is 10.6 Å². The van der Waals surface area contributed by atoms with Crippen LogP contribution in [0.1, 0.15) is 39.3 Å². The van der Waals surface area contributed by atoms with E-state index in [1.165, 1.54) is 6.92 Å². The molecule has 1 aliphatic carbocycles. The first-order chi connectivity index (χ1) is 17.6. The van der Waals surface area contributed by atoms with Crippen molar-refractivity contribution in [3.8, 4) is 11.1 Å². The van der Waals surface area contributed by atoms with Gasteiger partial charge in [0.25, 0.3) is 0 Å². The number of amides is 3. The number of fused-ring (bicyclic) bond motifs is 1. The van der Waals surface area contributed by atoms with Crippen LogP contribution in [-0.2, 0) is 19.0 Å². The van der Waals surface area contributed by atoms with Crippen LogP contribution in [0.15, 0.2) is 42.6 Å². The molecule has 3 fully saturated rings. The number of hydrogen-bond acceptors (Lipinski definition) is 7. The molecule has 5 rings (SSSR count). The molecule has 3 amide bonds. The number of anilines is 1. The number of cyclic esters (lactones) is 1. The van der Waals surface area contributed by atoms with Gasteiger partial charge in [-0.1, -0.05) is 18.2 Å². The van der Waals surface area contributed by atoms with Crippen molar-refractivity contribution < 1.29 is 28.6 Å². The summed E-state index contributed by atoms with van der Waals surface area (Å²) in [6, 6.07) is 11.6. The van der Waals surface area contributed by atoms with Crippen molar-refractivity contribution in [2.45, 2.75) is 50.9 Å². The lowest BCUT2D eigenvalue weighted by Gasteiger charge is -2.23. The summed E-state index contributed by atoms with van der Waals surface area (Å²) in [7, 11) is 0. The lowest BCUT2D eigenvalue weighted by Crippen LogP contribution is -2.43. The first-order valence-electron chi connectivity index (χ1n) is 12.4. The van der Waals surface area contributed by atoms with Crippen LogP contribution in [0, 0.1) is 5.92 Å². The fourth-order valence-electron chi connectivity index (χ4n) is 5.18. The minimum absolute atomic E-state index is 0.0804. The Morgan fingerprint density at radius 2 is 1.89 bits per heavy atom. The molecule has 1 aromatic carbocycles. The van der Waals surface area contributed by atoms with Crippen LogP contribution in [-0.4, -0.2) is 66.6 Å². The van der Waals surface area contributed by atoms with Gasteiger partial charge in [0.1, 0.15) is 11.7 Å². The van der Waals surface area contributed by atoms with Crippen LogP contribution in [0.25, 0.3) is 11.1 Å². The summed E-state index contributed by atoms with van der Waals surface area (Å²) in [6.07, 6.45) is 0.578.